The SMILES string of the molecule is O=C(NCC(=O)N1CC(O)C(O)C1)c1ccccc1. The van der Waals surface area contributed by atoms with Crippen LogP contribution in [-0.4, -0.2) is 58.8 Å². The van der Waals surface area contributed by atoms with Gasteiger partial charge in [0, 0.05) is 18.7 Å². The zero-order valence-electron chi connectivity index (χ0n) is 10.3. The van der Waals surface area contributed by atoms with Crippen molar-refractivity contribution >= 4 is 11.8 Å². The standard InChI is InChI=1S/C13H16N2O4/c16-10-7-15(8-11(10)17)12(18)6-14-13(19)9-4-2-1-3-5-9/h1-5,10-11,16-17H,6-8H2,(H,14,19). The van der Waals surface area contributed by atoms with Crippen LogP contribution >= 0.6 is 0 Å². The lowest BCUT2D eigenvalue weighted by atomic mass is 10.2. The van der Waals surface area contributed by atoms with Gasteiger partial charge in [-0.15, -0.1) is 0 Å². The smallest absolute Gasteiger partial charge is 0.251 e. The molecule has 0 aromatic heterocycles. The summed E-state index contributed by atoms with van der Waals surface area (Å²) in [6.45, 7) is 0.0512. The third-order valence-corrected chi connectivity index (χ3v) is 3.05. The molecule has 1 saturated heterocycles. The molecule has 6 nitrogen and oxygen atoms in total. The zero-order chi connectivity index (χ0) is 13.8. The number of rotatable bonds is 3. The molecule has 0 radical (unpaired) electrons. The van der Waals surface area contributed by atoms with Gasteiger partial charge in [0.15, 0.2) is 0 Å². The Hall–Kier alpha value is -1.92. The van der Waals surface area contributed by atoms with E-state index in [9.17, 15) is 19.8 Å². The third kappa shape index (κ3) is 3.30. The first-order chi connectivity index (χ1) is 9.08. The molecule has 1 aromatic carbocycles. The molecule has 1 aliphatic heterocycles. The zero-order valence-corrected chi connectivity index (χ0v) is 10.3. The maximum Gasteiger partial charge on any atom is 0.251 e. The second-order valence-corrected chi connectivity index (χ2v) is 4.48. The van der Waals surface area contributed by atoms with E-state index in [1.807, 2.05) is 0 Å². The number of aliphatic hydroxyl groups excluding tert-OH is 2. The van der Waals surface area contributed by atoms with Crippen LogP contribution in [0.4, 0.5) is 0 Å². The molecule has 3 N–H and O–H groups in total. The molecule has 1 heterocycles. The van der Waals surface area contributed by atoms with E-state index in [2.05, 4.69) is 5.32 Å². The summed E-state index contributed by atoms with van der Waals surface area (Å²) in [6.07, 6.45) is -1.82. The minimum atomic E-state index is -0.909. The number of benzene rings is 1. The average molecular weight is 264 g/mol. The Balaban J connectivity index is 1.83. The van der Waals surface area contributed by atoms with Gasteiger partial charge >= 0.3 is 0 Å². The molecular formula is C13H16N2O4. The molecule has 19 heavy (non-hydrogen) atoms. The fraction of sp³-hybridized carbons (Fsp3) is 0.385. The number of nitrogens with one attached hydrogen (secondary N) is 1. The lowest BCUT2D eigenvalue weighted by Crippen LogP contribution is -2.39. The van der Waals surface area contributed by atoms with Gasteiger partial charge in [0.1, 0.15) is 0 Å². The fourth-order valence-corrected chi connectivity index (χ4v) is 1.93. The van der Waals surface area contributed by atoms with Crippen LogP contribution in [0.1, 0.15) is 10.4 Å². The molecule has 0 bridgehead atoms. The summed E-state index contributed by atoms with van der Waals surface area (Å²) in [4.78, 5) is 24.8. The molecule has 0 spiro atoms. The number of β-amino-alcohol motifs (C(OH)–C–C–N with tert-alkyl or cyclic N) is 2. The van der Waals surface area contributed by atoms with Crippen molar-refractivity contribution in [2.75, 3.05) is 19.6 Å². The highest BCUT2D eigenvalue weighted by atomic mass is 16.3. The van der Waals surface area contributed by atoms with Gasteiger partial charge in [0.05, 0.1) is 18.8 Å². The van der Waals surface area contributed by atoms with Gasteiger partial charge in [-0.2, -0.15) is 0 Å². The van der Waals surface area contributed by atoms with E-state index in [0.717, 1.165) is 0 Å². The summed E-state index contributed by atoms with van der Waals surface area (Å²) in [5, 5.41) is 21.2. The minimum Gasteiger partial charge on any atom is -0.388 e. The largest absolute Gasteiger partial charge is 0.388 e. The molecule has 2 rings (SSSR count). The van der Waals surface area contributed by atoms with Crippen LogP contribution in [0.3, 0.4) is 0 Å². The quantitative estimate of drug-likeness (QED) is 0.652. The van der Waals surface area contributed by atoms with Crippen molar-refractivity contribution in [2.24, 2.45) is 0 Å². The van der Waals surface area contributed by atoms with Gasteiger partial charge in [0.2, 0.25) is 5.91 Å². The number of nitrogens with zero attached hydrogens (tertiary/aromatic N) is 1. The number of likely N-dealkylation sites (tertiary alicyclic amines) is 1. The van der Waals surface area contributed by atoms with Crippen LogP contribution in [0.5, 0.6) is 0 Å². The first kappa shape index (κ1) is 13.5. The monoisotopic (exact) mass is 264 g/mol. The summed E-state index contributed by atoms with van der Waals surface area (Å²) < 4.78 is 0. The molecule has 1 aromatic rings. The summed E-state index contributed by atoms with van der Waals surface area (Å²) in [6, 6.07) is 8.59. The van der Waals surface area contributed by atoms with Crippen molar-refractivity contribution in [3.05, 3.63) is 35.9 Å². The van der Waals surface area contributed by atoms with Crippen molar-refractivity contribution in [2.45, 2.75) is 12.2 Å². The van der Waals surface area contributed by atoms with Gasteiger partial charge in [0.25, 0.3) is 5.91 Å². The van der Waals surface area contributed by atoms with Gasteiger partial charge in [-0.05, 0) is 12.1 Å². The molecule has 1 fully saturated rings. The number of aliphatic hydroxyl groups is 2. The van der Waals surface area contributed by atoms with Crippen molar-refractivity contribution < 1.29 is 19.8 Å². The van der Waals surface area contributed by atoms with Crippen LogP contribution in [0.2, 0.25) is 0 Å². The number of carbonyl (C=O) groups excluding carboxylic acids is 2. The minimum absolute atomic E-state index is 0.0984. The highest BCUT2D eigenvalue weighted by Crippen LogP contribution is 2.09. The molecule has 0 aliphatic carbocycles. The van der Waals surface area contributed by atoms with E-state index in [1.54, 1.807) is 30.3 Å². The van der Waals surface area contributed by atoms with Gasteiger partial charge in [-0.1, -0.05) is 18.2 Å². The predicted molar refractivity (Wildman–Crippen MR) is 67.4 cm³/mol. The highest BCUT2D eigenvalue weighted by molar-refractivity contribution is 5.96. The van der Waals surface area contributed by atoms with Crippen molar-refractivity contribution in [1.29, 1.82) is 0 Å². The third-order valence-electron chi connectivity index (χ3n) is 3.05. The maximum absolute atomic E-state index is 11.8. The Morgan fingerprint density at radius 1 is 1.16 bits per heavy atom. The lowest BCUT2D eigenvalue weighted by Gasteiger charge is -2.15. The molecule has 2 amide bonds. The van der Waals surface area contributed by atoms with E-state index in [1.165, 1.54) is 4.90 Å². The van der Waals surface area contributed by atoms with Crippen LogP contribution in [0.15, 0.2) is 30.3 Å². The maximum atomic E-state index is 11.8. The highest BCUT2D eigenvalue weighted by Gasteiger charge is 2.32. The predicted octanol–water partition coefficient (Wildman–Crippen LogP) is -1.02. The lowest BCUT2D eigenvalue weighted by molar-refractivity contribution is -0.129. The summed E-state index contributed by atoms with van der Waals surface area (Å²) >= 11 is 0. The normalized spacial score (nSPS) is 22.3. The van der Waals surface area contributed by atoms with E-state index in [0.29, 0.717) is 5.56 Å². The van der Waals surface area contributed by atoms with E-state index < -0.39 is 12.2 Å². The molecular weight excluding hydrogens is 248 g/mol. The van der Waals surface area contributed by atoms with E-state index in [-0.39, 0.29) is 31.4 Å². The second-order valence-electron chi connectivity index (χ2n) is 4.48. The van der Waals surface area contributed by atoms with Gasteiger partial charge in [-0.25, -0.2) is 0 Å². The van der Waals surface area contributed by atoms with Gasteiger partial charge in [-0.3, -0.25) is 9.59 Å². The van der Waals surface area contributed by atoms with Crippen LogP contribution in [0.25, 0.3) is 0 Å². The first-order valence-electron chi connectivity index (χ1n) is 6.05. The Bertz CT molecular complexity index is 453. The van der Waals surface area contributed by atoms with Gasteiger partial charge < -0.3 is 20.4 Å². The molecule has 2 unspecified atom stereocenters. The fourth-order valence-electron chi connectivity index (χ4n) is 1.93. The van der Waals surface area contributed by atoms with Crippen molar-refractivity contribution in [3.8, 4) is 0 Å². The molecule has 102 valence electrons. The Labute approximate surface area is 110 Å². The summed E-state index contributed by atoms with van der Waals surface area (Å²) in [7, 11) is 0. The Kier molecular flexibility index (Phi) is 4.13. The molecule has 0 saturated carbocycles. The number of hydrogen-bond acceptors (Lipinski definition) is 4. The van der Waals surface area contributed by atoms with Crippen LogP contribution in [0, 0.1) is 0 Å². The summed E-state index contributed by atoms with van der Waals surface area (Å²) in [5.74, 6) is -0.644. The summed E-state index contributed by atoms with van der Waals surface area (Å²) in [5.41, 5.74) is 0.483. The average Bonchev–Trinajstić information content (AvgIpc) is 2.77. The van der Waals surface area contributed by atoms with Crippen LogP contribution in [-0.2, 0) is 4.79 Å². The van der Waals surface area contributed by atoms with Crippen LogP contribution < -0.4 is 5.32 Å². The molecule has 6 heteroatoms. The first-order valence-corrected chi connectivity index (χ1v) is 6.05. The topological polar surface area (TPSA) is 89.9 Å². The van der Waals surface area contributed by atoms with E-state index in [4.69, 9.17) is 0 Å². The van der Waals surface area contributed by atoms with Crippen molar-refractivity contribution in [1.82, 2.24) is 10.2 Å². The Morgan fingerprint density at radius 3 is 2.32 bits per heavy atom. The number of carbonyl (C=O) groups is 2. The van der Waals surface area contributed by atoms with Crippen molar-refractivity contribution in [3.63, 3.8) is 0 Å². The number of amides is 2. The molecule has 1 aliphatic rings. The number of hydrogen-bond donors (Lipinski definition) is 3. The molecule has 2 atom stereocenters. The second kappa shape index (κ2) is 5.81. The van der Waals surface area contributed by atoms with E-state index >= 15 is 0 Å². The Morgan fingerprint density at radius 2 is 1.74 bits per heavy atom.